The summed E-state index contributed by atoms with van der Waals surface area (Å²) in [6, 6.07) is 6.62. The molecule has 0 saturated heterocycles. The van der Waals surface area contributed by atoms with Crippen LogP contribution in [0.15, 0.2) is 28.8 Å². The molecule has 0 saturated carbocycles. The molecule has 0 aliphatic heterocycles. The molecule has 0 radical (unpaired) electrons. The van der Waals surface area contributed by atoms with E-state index in [0.29, 0.717) is 46.9 Å². The molecule has 0 aliphatic rings. The third-order valence-electron chi connectivity index (χ3n) is 3.16. The molecule has 2 rings (SSSR count). The molecule has 0 spiro atoms. The maximum Gasteiger partial charge on any atom is 0.235 e. The number of carbonyl (C=O) groups is 2. The standard InChI is InChI=1S/C17H19Cl2N3O4S/c1-11-7-15(22-26-11)21-17(24)10-27-9-16(23)20-5-2-6-25-14-4-3-12(18)8-13(14)19/h3-4,7-8H,2,5-6,9-10H2,1H3,(H,20,23)(H,21,22,24). The maximum atomic E-state index is 11.7. The van der Waals surface area contributed by atoms with E-state index in [2.05, 4.69) is 15.8 Å². The molecule has 2 aromatic rings. The SMILES string of the molecule is Cc1cc(NC(=O)CSCC(=O)NCCCOc2ccc(Cl)cc2Cl)no1. The van der Waals surface area contributed by atoms with Gasteiger partial charge < -0.3 is 19.9 Å². The van der Waals surface area contributed by atoms with Crippen LogP contribution in [0.4, 0.5) is 5.82 Å². The highest BCUT2D eigenvalue weighted by atomic mass is 35.5. The molecule has 1 heterocycles. The van der Waals surface area contributed by atoms with Crippen molar-refractivity contribution in [2.45, 2.75) is 13.3 Å². The van der Waals surface area contributed by atoms with E-state index in [9.17, 15) is 9.59 Å². The Hall–Kier alpha value is -1.90. The van der Waals surface area contributed by atoms with Crippen molar-refractivity contribution in [1.82, 2.24) is 10.5 Å². The lowest BCUT2D eigenvalue weighted by atomic mass is 10.3. The maximum absolute atomic E-state index is 11.7. The quantitative estimate of drug-likeness (QED) is 0.558. The first-order valence-corrected chi connectivity index (χ1v) is 10.0. The highest BCUT2D eigenvalue weighted by Crippen LogP contribution is 2.27. The number of aryl methyl sites for hydroxylation is 1. The second-order valence-electron chi connectivity index (χ2n) is 5.49. The molecule has 0 unspecified atom stereocenters. The number of thioether (sulfide) groups is 1. The van der Waals surface area contributed by atoms with Gasteiger partial charge in [0.25, 0.3) is 0 Å². The number of hydrogen-bond acceptors (Lipinski definition) is 6. The molecule has 0 bridgehead atoms. The van der Waals surface area contributed by atoms with Crippen LogP contribution in [0.3, 0.4) is 0 Å². The van der Waals surface area contributed by atoms with E-state index < -0.39 is 0 Å². The number of rotatable bonds is 10. The zero-order valence-corrected chi connectivity index (χ0v) is 16.9. The lowest BCUT2D eigenvalue weighted by Gasteiger charge is -2.09. The van der Waals surface area contributed by atoms with Gasteiger partial charge >= 0.3 is 0 Å². The first kappa shape index (κ1) is 21.4. The predicted molar refractivity (Wildman–Crippen MR) is 107 cm³/mol. The second kappa shape index (κ2) is 11.1. The topological polar surface area (TPSA) is 93.5 Å². The molecule has 1 aromatic carbocycles. The Morgan fingerprint density at radius 3 is 2.70 bits per heavy atom. The van der Waals surface area contributed by atoms with Crippen molar-refractivity contribution in [1.29, 1.82) is 0 Å². The van der Waals surface area contributed by atoms with E-state index in [0.717, 1.165) is 0 Å². The second-order valence-corrected chi connectivity index (χ2v) is 7.32. The van der Waals surface area contributed by atoms with Crippen LogP contribution in [-0.4, -0.2) is 41.6 Å². The molecule has 1 aromatic heterocycles. The summed E-state index contributed by atoms with van der Waals surface area (Å²) in [6.07, 6.45) is 0.626. The van der Waals surface area contributed by atoms with Crippen LogP contribution in [0.25, 0.3) is 0 Å². The molecular formula is C17H19Cl2N3O4S. The van der Waals surface area contributed by atoms with Crippen LogP contribution in [0.2, 0.25) is 10.0 Å². The van der Waals surface area contributed by atoms with Crippen LogP contribution in [0, 0.1) is 6.92 Å². The number of amides is 2. The Bertz CT molecular complexity index is 785. The third kappa shape index (κ3) is 8.11. The van der Waals surface area contributed by atoms with E-state index in [1.165, 1.54) is 11.8 Å². The summed E-state index contributed by atoms with van der Waals surface area (Å²) < 4.78 is 10.4. The molecular weight excluding hydrogens is 413 g/mol. The highest BCUT2D eigenvalue weighted by Gasteiger charge is 2.08. The summed E-state index contributed by atoms with van der Waals surface area (Å²) in [5.74, 6) is 1.48. The molecule has 27 heavy (non-hydrogen) atoms. The number of nitrogens with zero attached hydrogens (tertiary/aromatic N) is 1. The number of aromatic nitrogens is 1. The van der Waals surface area contributed by atoms with Crippen molar-refractivity contribution in [3.05, 3.63) is 40.1 Å². The molecule has 7 nitrogen and oxygen atoms in total. The van der Waals surface area contributed by atoms with E-state index in [-0.39, 0.29) is 23.3 Å². The van der Waals surface area contributed by atoms with Crippen molar-refractivity contribution in [3.8, 4) is 5.75 Å². The van der Waals surface area contributed by atoms with Gasteiger partial charge in [0, 0.05) is 17.6 Å². The Morgan fingerprint density at radius 1 is 1.22 bits per heavy atom. The average Bonchev–Trinajstić information content (AvgIpc) is 3.01. The van der Waals surface area contributed by atoms with Crippen molar-refractivity contribution < 1.29 is 18.8 Å². The van der Waals surface area contributed by atoms with E-state index in [1.54, 1.807) is 31.2 Å². The van der Waals surface area contributed by atoms with Gasteiger partial charge in [-0.15, -0.1) is 11.8 Å². The van der Waals surface area contributed by atoms with Crippen LogP contribution in [-0.2, 0) is 9.59 Å². The first-order chi connectivity index (χ1) is 12.9. The van der Waals surface area contributed by atoms with Gasteiger partial charge in [-0.1, -0.05) is 28.4 Å². The number of anilines is 1. The summed E-state index contributed by atoms with van der Waals surface area (Å²) in [4.78, 5) is 23.4. The van der Waals surface area contributed by atoms with Gasteiger partial charge in [0.1, 0.15) is 11.5 Å². The van der Waals surface area contributed by atoms with Crippen molar-refractivity contribution in [3.63, 3.8) is 0 Å². The van der Waals surface area contributed by atoms with Crippen LogP contribution >= 0.6 is 35.0 Å². The molecule has 10 heteroatoms. The van der Waals surface area contributed by atoms with Crippen LogP contribution in [0.5, 0.6) is 5.75 Å². The van der Waals surface area contributed by atoms with Gasteiger partial charge in [0.05, 0.1) is 23.1 Å². The first-order valence-electron chi connectivity index (χ1n) is 8.09. The lowest BCUT2D eigenvalue weighted by Crippen LogP contribution is -2.28. The molecule has 0 atom stereocenters. The Kier molecular flexibility index (Phi) is 8.77. The number of ether oxygens (including phenoxy) is 1. The average molecular weight is 432 g/mol. The summed E-state index contributed by atoms with van der Waals surface area (Å²) in [6.45, 7) is 2.61. The minimum absolute atomic E-state index is 0.144. The van der Waals surface area contributed by atoms with E-state index in [1.807, 2.05) is 0 Å². The Labute approximate surface area is 171 Å². The van der Waals surface area contributed by atoms with Crippen molar-refractivity contribution in [2.75, 3.05) is 30.0 Å². The van der Waals surface area contributed by atoms with Crippen LogP contribution in [0.1, 0.15) is 12.2 Å². The predicted octanol–water partition coefficient (Wildman–Crippen LogP) is 3.55. The largest absolute Gasteiger partial charge is 0.492 e. The molecule has 0 fully saturated rings. The van der Waals surface area contributed by atoms with E-state index in [4.69, 9.17) is 32.5 Å². The monoisotopic (exact) mass is 431 g/mol. The smallest absolute Gasteiger partial charge is 0.235 e. The van der Waals surface area contributed by atoms with Gasteiger partial charge in [0.15, 0.2) is 5.82 Å². The fraction of sp³-hybridized carbons (Fsp3) is 0.353. The highest BCUT2D eigenvalue weighted by molar-refractivity contribution is 8.00. The summed E-state index contributed by atoms with van der Waals surface area (Å²) in [7, 11) is 0. The normalized spacial score (nSPS) is 10.5. The Balaban J connectivity index is 1.52. The zero-order chi connectivity index (χ0) is 19.6. The molecule has 2 N–H and O–H groups in total. The molecule has 0 aliphatic carbocycles. The molecule has 2 amide bonds. The van der Waals surface area contributed by atoms with Gasteiger partial charge in [0.2, 0.25) is 11.8 Å². The summed E-state index contributed by atoms with van der Waals surface area (Å²) in [5.41, 5.74) is 0. The van der Waals surface area contributed by atoms with Gasteiger partial charge in [-0.3, -0.25) is 9.59 Å². The van der Waals surface area contributed by atoms with Gasteiger partial charge in [-0.2, -0.15) is 0 Å². The van der Waals surface area contributed by atoms with Gasteiger partial charge in [-0.25, -0.2) is 0 Å². The van der Waals surface area contributed by atoms with Crippen LogP contribution < -0.4 is 15.4 Å². The number of halogens is 2. The fourth-order valence-electron chi connectivity index (χ4n) is 1.97. The zero-order valence-electron chi connectivity index (χ0n) is 14.6. The third-order valence-corrected chi connectivity index (χ3v) is 4.62. The summed E-state index contributed by atoms with van der Waals surface area (Å²) in [5, 5.41) is 10.0. The minimum atomic E-state index is -0.241. The Morgan fingerprint density at radius 2 is 2.00 bits per heavy atom. The van der Waals surface area contributed by atoms with Gasteiger partial charge in [-0.05, 0) is 31.5 Å². The number of hydrogen-bond donors (Lipinski definition) is 2. The minimum Gasteiger partial charge on any atom is -0.492 e. The molecule has 146 valence electrons. The number of nitrogens with one attached hydrogen (secondary N) is 2. The lowest BCUT2D eigenvalue weighted by molar-refractivity contribution is -0.118. The summed E-state index contributed by atoms with van der Waals surface area (Å²) >= 11 is 13.0. The number of benzene rings is 1. The van der Waals surface area contributed by atoms with Crippen molar-refractivity contribution in [2.24, 2.45) is 0 Å². The number of carbonyl (C=O) groups excluding carboxylic acids is 2. The fourth-order valence-corrected chi connectivity index (χ4v) is 3.08. The van der Waals surface area contributed by atoms with Crippen molar-refractivity contribution >= 4 is 52.6 Å². The van der Waals surface area contributed by atoms with E-state index >= 15 is 0 Å².